The van der Waals surface area contributed by atoms with E-state index in [2.05, 4.69) is 0 Å². The SMILES string of the molecule is CC(=O)c1cc(F)cc(F)c1OCC1CC1. The van der Waals surface area contributed by atoms with Crippen LogP contribution in [0.15, 0.2) is 12.1 Å². The Morgan fingerprint density at radius 3 is 2.69 bits per heavy atom. The van der Waals surface area contributed by atoms with Crippen molar-refractivity contribution in [1.82, 2.24) is 0 Å². The van der Waals surface area contributed by atoms with Crippen molar-refractivity contribution in [3.63, 3.8) is 0 Å². The second-order valence-electron chi connectivity index (χ2n) is 4.07. The predicted molar refractivity (Wildman–Crippen MR) is 54.6 cm³/mol. The molecule has 0 heterocycles. The summed E-state index contributed by atoms with van der Waals surface area (Å²) in [4.78, 5) is 11.2. The van der Waals surface area contributed by atoms with E-state index < -0.39 is 17.4 Å². The van der Waals surface area contributed by atoms with Crippen LogP contribution in [-0.4, -0.2) is 12.4 Å². The van der Waals surface area contributed by atoms with Gasteiger partial charge in [-0.1, -0.05) is 0 Å². The van der Waals surface area contributed by atoms with E-state index in [4.69, 9.17) is 4.74 Å². The molecule has 0 bridgehead atoms. The van der Waals surface area contributed by atoms with Gasteiger partial charge in [-0.3, -0.25) is 4.79 Å². The van der Waals surface area contributed by atoms with Gasteiger partial charge in [0.25, 0.3) is 0 Å². The largest absolute Gasteiger partial charge is 0.489 e. The van der Waals surface area contributed by atoms with E-state index in [1.807, 2.05) is 0 Å². The molecule has 1 aromatic rings. The van der Waals surface area contributed by atoms with Crippen molar-refractivity contribution in [3.8, 4) is 5.75 Å². The van der Waals surface area contributed by atoms with Gasteiger partial charge < -0.3 is 4.74 Å². The molecule has 0 aromatic heterocycles. The van der Waals surface area contributed by atoms with Crippen molar-refractivity contribution in [3.05, 3.63) is 29.3 Å². The van der Waals surface area contributed by atoms with E-state index in [9.17, 15) is 13.6 Å². The molecule has 0 atom stereocenters. The first-order valence-electron chi connectivity index (χ1n) is 5.20. The number of rotatable bonds is 4. The molecule has 0 saturated heterocycles. The van der Waals surface area contributed by atoms with Crippen LogP contribution in [0.4, 0.5) is 8.78 Å². The van der Waals surface area contributed by atoms with E-state index in [1.165, 1.54) is 6.92 Å². The predicted octanol–water partition coefficient (Wildman–Crippen LogP) is 2.96. The number of halogens is 2. The maximum absolute atomic E-state index is 13.4. The lowest BCUT2D eigenvalue weighted by molar-refractivity contribution is 0.101. The van der Waals surface area contributed by atoms with Crippen LogP contribution in [0.3, 0.4) is 0 Å². The van der Waals surface area contributed by atoms with Crippen molar-refractivity contribution in [1.29, 1.82) is 0 Å². The fourth-order valence-corrected chi connectivity index (χ4v) is 1.45. The summed E-state index contributed by atoms with van der Waals surface area (Å²) < 4.78 is 31.6. The minimum Gasteiger partial charge on any atom is -0.489 e. The van der Waals surface area contributed by atoms with Crippen molar-refractivity contribution in [2.75, 3.05) is 6.61 Å². The van der Waals surface area contributed by atoms with Gasteiger partial charge in [0.1, 0.15) is 5.82 Å². The zero-order valence-corrected chi connectivity index (χ0v) is 8.93. The molecule has 0 N–H and O–H groups in total. The van der Waals surface area contributed by atoms with Crippen LogP contribution in [0.5, 0.6) is 5.75 Å². The van der Waals surface area contributed by atoms with E-state index in [0.717, 1.165) is 25.0 Å². The van der Waals surface area contributed by atoms with Crippen molar-refractivity contribution >= 4 is 5.78 Å². The third-order valence-corrected chi connectivity index (χ3v) is 2.55. The molecular weight excluding hydrogens is 214 g/mol. The highest BCUT2D eigenvalue weighted by Crippen LogP contribution is 2.31. The van der Waals surface area contributed by atoms with E-state index in [0.29, 0.717) is 12.5 Å². The minimum atomic E-state index is -0.814. The van der Waals surface area contributed by atoms with Gasteiger partial charge in [0, 0.05) is 6.07 Å². The fourth-order valence-electron chi connectivity index (χ4n) is 1.45. The Bertz CT molecular complexity index is 425. The van der Waals surface area contributed by atoms with Gasteiger partial charge in [-0.25, -0.2) is 8.78 Å². The second kappa shape index (κ2) is 4.20. The van der Waals surface area contributed by atoms with Crippen LogP contribution >= 0.6 is 0 Å². The summed E-state index contributed by atoms with van der Waals surface area (Å²) in [5, 5.41) is 0. The summed E-state index contributed by atoms with van der Waals surface area (Å²) in [5.74, 6) is -1.65. The Morgan fingerprint density at radius 1 is 1.44 bits per heavy atom. The molecule has 0 spiro atoms. The molecule has 1 aliphatic rings. The first kappa shape index (κ1) is 11.0. The molecule has 1 fully saturated rings. The van der Waals surface area contributed by atoms with Crippen LogP contribution in [0.1, 0.15) is 30.1 Å². The van der Waals surface area contributed by atoms with Gasteiger partial charge >= 0.3 is 0 Å². The van der Waals surface area contributed by atoms with Crippen LogP contribution in [0.25, 0.3) is 0 Å². The Labute approximate surface area is 92.2 Å². The highest BCUT2D eigenvalue weighted by atomic mass is 19.1. The Morgan fingerprint density at radius 2 is 2.12 bits per heavy atom. The van der Waals surface area contributed by atoms with Gasteiger partial charge in [-0.05, 0) is 31.7 Å². The number of carbonyl (C=O) groups excluding carboxylic acids is 1. The highest BCUT2D eigenvalue weighted by molar-refractivity contribution is 5.96. The smallest absolute Gasteiger partial charge is 0.168 e. The summed E-state index contributed by atoms with van der Waals surface area (Å²) in [6, 6.07) is 1.74. The molecule has 4 heteroatoms. The summed E-state index contributed by atoms with van der Waals surface area (Å²) >= 11 is 0. The standard InChI is InChI=1S/C12H12F2O2/c1-7(15)10-4-9(13)5-11(14)12(10)16-6-8-2-3-8/h4-5,8H,2-3,6H2,1H3. The first-order valence-corrected chi connectivity index (χ1v) is 5.20. The van der Waals surface area contributed by atoms with Crippen LogP contribution < -0.4 is 4.74 Å². The Balaban J connectivity index is 2.27. The first-order chi connectivity index (χ1) is 7.58. The molecule has 2 rings (SSSR count). The maximum Gasteiger partial charge on any atom is 0.168 e. The molecule has 0 aliphatic heterocycles. The summed E-state index contributed by atoms with van der Waals surface area (Å²) in [5.41, 5.74) is -0.0295. The number of ether oxygens (including phenoxy) is 1. The second-order valence-corrected chi connectivity index (χ2v) is 4.07. The van der Waals surface area contributed by atoms with E-state index >= 15 is 0 Å². The summed E-state index contributed by atoms with van der Waals surface area (Å²) in [6.07, 6.45) is 2.14. The molecule has 2 nitrogen and oxygen atoms in total. The third kappa shape index (κ3) is 2.38. The number of benzene rings is 1. The highest BCUT2D eigenvalue weighted by Gasteiger charge is 2.24. The maximum atomic E-state index is 13.4. The van der Waals surface area contributed by atoms with E-state index in [-0.39, 0.29) is 11.3 Å². The lowest BCUT2D eigenvalue weighted by Gasteiger charge is -2.10. The lowest BCUT2D eigenvalue weighted by Crippen LogP contribution is -2.07. The third-order valence-electron chi connectivity index (χ3n) is 2.55. The lowest BCUT2D eigenvalue weighted by atomic mass is 10.1. The normalized spacial score (nSPS) is 14.9. The quantitative estimate of drug-likeness (QED) is 0.738. The molecule has 0 amide bonds. The molecule has 16 heavy (non-hydrogen) atoms. The zero-order chi connectivity index (χ0) is 11.7. The van der Waals surface area contributed by atoms with Gasteiger partial charge in [-0.2, -0.15) is 0 Å². The van der Waals surface area contributed by atoms with Crippen molar-refractivity contribution in [2.45, 2.75) is 19.8 Å². The van der Waals surface area contributed by atoms with E-state index in [1.54, 1.807) is 0 Å². The topological polar surface area (TPSA) is 26.3 Å². The van der Waals surface area contributed by atoms with Crippen LogP contribution in [-0.2, 0) is 0 Å². The summed E-state index contributed by atoms with van der Waals surface area (Å²) in [6.45, 7) is 1.65. The van der Waals surface area contributed by atoms with Gasteiger partial charge in [0.15, 0.2) is 17.3 Å². The molecule has 86 valence electrons. The Kier molecular flexibility index (Phi) is 2.90. The number of Topliss-reactive ketones (excluding diaryl/α,β-unsaturated/α-hetero) is 1. The van der Waals surface area contributed by atoms with Crippen LogP contribution in [0, 0.1) is 17.6 Å². The number of ketones is 1. The van der Waals surface area contributed by atoms with Crippen LogP contribution in [0.2, 0.25) is 0 Å². The van der Waals surface area contributed by atoms with Gasteiger partial charge in [0.05, 0.1) is 12.2 Å². The molecule has 1 aromatic carbocycles. The average Bonchev–Trinajstić information content (AvgIpc) is 2.98. The van der Waals surface area contributed by atoms with Crippen molar-refractivity contribution in [2.24, 2.45) is 5.92 Å². The molecular formula is C12H12F2O2. The summed E-state index contributed by atoms with van der Waals surface area (Å²) in [7, 11) is 0. The monoisotopic (exact) mass is 226 g/mol. The molecule has 1 saturated carbocycles. The van der Waals surface area contributed by atoms with Gasteiger partial charge in [0.2, 0.25) is 0 Å². The van der Waals surface area contributed by atoms with Gasteiger partial charge in [-0.15, -0.1) is 0 Å². The zero-order valence-electron chi connectivity index (χ0n) is 8.93. The average molecular weight is 226 g/mol. The molecule has 1 aliphatic carbocycles. The Hall–Kier alpha value is -1.45. The molecule has 0 radical (unpaired) electrons. The number of hydrogen-bond acceptors (Lipinski definition) is 2. The fraction of sp³-hybridized carbons (Fsp3) is 0.417. The minimum absolute atomic E-state index is 0.0295. The number of carbonyl (C=O) groups is 1. The van der Waals surface area contributed by atoms with Crippen molar-refractivity contribution < 1.29 is 18.3 Å². The molecule has 0 unspecified atom stereocenters. The number of hydrogen-bond donors (Lipinski definition) is 0.